The first kappa shape index (κ1) is 22.2. The van der Waals surface area contributed by atoms with Crippen molar-refractivity contribution in [3.05, 3.63) is 24.3 Å². The number of benzene rings is 1. The van der Waals surface area contributed by atoms with Crippen molar-refractivity contribution >= 4 is 23.7 Å². The van der Waals surface area contributed by atoms with Crippen LogP contribution in [0.3, 0.4) is 0 Å². The predicted molar refractivity (Wildman–Crippen MR) is 125 cm³/mol. The highest BCUT2D eigenvalue weighted by atomic mass is 16.6. The summed E-state index contributed by atoms with van der Waals surface area (Å²) in [6.45, 7) is 6.67. The highest BCUT2D eigenvalue weighted by Gasteiger charge is 2.44. The van der Waals surface area contributed by atoms with Crippen LogP contribution in [0.1, 0.15) is 59.3 Å². The normalized spacial score (nSPS) is 23.0. The number of rotatable bonds is 3. The van der Waals surface area contributed by atoms with Crippen molar-refractivity contribution in [2.45, 2.75) is 76.7 Å². The first-order valence-corrected chi connectivity index (χ1v) is 11.4. The van der Waals surface area contributed by atoms with Gasteiger partial charge in [-0.15, -0.1) is 0 Å². The standard InChI is InChI=1S/C23H34N6O3/c1-22(2,3)32-21(30)28-14-11-16(15-28)31-18-10-6-5-9-17(18)29-20(25)26-19(24)27-23(29)12-7-4-8-13-23/h5-6,9-10,16H,4,7-8,11-15H2,1-3H3,(H4,24,25,26,27). The zero-order valence-corrected chi connectivity index (χ0v) is 19.2. The van der Waals surface area contributed by atoms with Gasteiger partial charge in [0.05, 0.1) is 12.2 Å². The van der Waals surface area contributed by atoms with Crippen molar-refractivity contribution in [3.8, 4) is 5.75 Å². The maximum Gasteiger partial charge on any atom is 0.410 e. The molecule has 1 aromatic rings. The molecular weight excluding hydrogens is 408 g/mol. The SMILES string of the molecule is CC(C)(C)OC(=O)N1CCC(Oc2ccccc2N2C(N)=NC(N)=NC23CCCCC3)C1. The molecule has 174 valence electrons. The average Bonchev–Trinajstić information content (AvgIpc) is 3.17. The highest BCUT2D eigenvalue weighted by Crippen LogP contribution is 2.43. The predicted octanol–water partition coefficient (Wildman–Crippen LogP) is 3.18. The number of carbonyl (C=O) groups excluding carboxylic acids is 1. The van der Waals surface area contributed by atoms with E-state index in [1.54, 1.807) is 4.90 Å². The summed E-state index contributed by atoms with van der Waals surface area (Å²) in [6.07, 6.45) is 5.27. The number of hydrogen-bond donors (Lipinski definition) is 2. The first-order valence-electron chi connectivity index (χ1n) is 11.4. The van der Waals surface area contributed by atoms with Crippen LogP contribution >= 0.6 is 0 Å². The summed E-state index contributed by atoms with van der Waals surface area (Å²) in [6, 6.07) is 7.79. The molecule has 9 nitrogen and oxygen atoms in total. The van der Waals surface area contributed by atoms with E-state index in [4.69, 9.17) is 25.9 Å². The summed E-state index contributed by atoms with van der Waals surface area (Å²) in [5.74, 6) is 1.25. The van der Waals surface area contributed by atoms with E-state index in [-0.39, 0.29) is 18.2 Å². The number of likely N-dealkylation sites (tertiary alicyclic amines) is 1. The Morgan fingerprint density at radius 3 is 2.59 bits per heavy atom. The number of guanidine groups is 2. The van der Waals surface area contributed by atoms with Gasteiger partial charge in [-0.3, -0.25) is 4.90 Å². The second kappa shape index (κ2) is 8.52. The molecule has 2 fully saturated rings. The Labute approximate surface area is 189 Å². The number of carbonyl (C=O) groups is 1. The second-order valence-corrected chi connectivity index (χ2v) is 9.74. The van der Waals surface area contributed by atoms with Crippen LogP contribution in [0.15, 0.2) is 34.3 Å². The van der Waals surface area contributed by atoms with Gasteiger partial charge < -0.3 is 25.8 Å². The van der Waals surface area contributed by atoms with Crippen LogP contribution in [0, 0.1) is 0 Å². The molecule has 3 aliphatic rings. The summed E-state index contributed by atoms with van der Waals surface area (Å²) in [4.78, 5) is 25.1. The van der Waals surface area contributed by atoms with E-state index in [2.05, 4.69) is 4.99 Å². The number of para-hydroxylation sites is 2. The fourth-order valence-corrected chi connectivity index (χ4v) is 4.71. The molecule has 9 heteroatoms. The number of nitrogens with two attached hydrogens (primary N) is 2. The summed E-state index contributed by atoms with van der Waals surface area (Å²) in [5, 5.41) is 0. The molecule has 0 bridgehead atoms. The highest BCUT2D eigenvalue weighted by molar-refractivity contribution is 6.06. The minimum atomic E-state index is -0.536. The monoisotopic (exact) mass is 442 g/mol. The lowest BCUT2D eigenvalue weighted by atomic mass is 9.87. The fourth-order valence-electron chi connectivity index (χ4n) is 4.71. The lowest BCUT2D eigenvalue weighted by molar-refractivity contribution is 0.0276. The lowest BCUT2D eigenvalue weighted by Gasteiger charge is -2.46. The molecule has 1 saturated heterocycles. The Morgan fingerprint density at radius 2 is 1.88 bits per heavy atom. The molecule has 4 rings (SSSR count). The van der Waals surface area contributed by atoms with E-state index in [1.807, 2.05) is 49.9 Å². The summed E-state index contributed by atoms with van der Waals surface area (Å²) < 4.78 is 11.9. The maximum atomic E-state index is 12.4. The molecule has 2 heterocycles. The van der Waals surface area contributed by atoms with E-state index >= 15 is 0 Å². The minimum absolute atomic E-state index is 0.137. The molecule has 1 atom stereocenters. The smallest absolute Gasteiger partial charge is 0.410 e. The third-order valence-electron chi connectivity index (χ3n) is 6.05. The topological polar surface area (TPSA) is 119 Å². The zero-order chi connectivity index (χ0) is 22.9. The lowest BCUT2D eigenvalue weighted by Crippen LogP contribution is -2.58. The molecule has 32 heavy (non-hydrogen) atoms. The van der Waals surface area contributed by atoms with Gasteiger partial charge in [-0.25, -0.2) is 9.79 Å². The quantitative estimate of drug-likeness (QED) is 0.742. The van der Waals surface area contributed by atoms with Crippen molar-refractivity contribution in [3.63, 3.8) is 0 Å². The van der Waals surface area contributed by atoms with Crippen LogP contribution in [0.5, 0.6) is 5.75 Å². The Hall–Kier alpha value is -2.97. The molecule has 1 spiro atoms. The van der Waals surface area contributed by atoms with E-state index in [0.29, 0.717) is 24.8 Å². The number of aliphatic imine (C=N–C) groups is 2. The van der Waals surface area contributed by atoms with Crippen molar-refractivity contribution in [1.82, 2.24) is 4.90 Å². The molecular formula is C23H34N6O3. The van der Waals surface area contributed by atoms with Gasteiger partial charge in [0.1, 0.15) is 23.1 Å². The van der Waals surface area contributed by atoms with Gasteiger partial charge in [0.15, 0.2) is 0 Å². The van der Waals surface area contributed by atoms with Crippen LogP contribution < -0.4 is 21.1 Å². The third-order valence-corrected chi connectivity index (χ3v) is 6.05. The fraction of sp³-hybridized carbons (Fsp3) is 0.609. The van der Waals surface area contributed by atoms with Crippen LogP contribution in [-0.2, 0) is 4.74 Å². The molecule has 1 aliphatic carbocycles. The van der Waals surface area contributed by atoms with Crippen molar-refractivity contribution in [2.75, 3.05) is 18.0 Å². The molecule has 4 N–H and O–H groups in total. The average molecular weight is 443 g/mol. The van der Waals surface area contributed by atoms with Gasteiger partial charge in [0, 0.05) is 13.0 Å². The van der Waals surface area contributed by atoms with Gasteiger partial charge in [-0.05, 0) is 58.6 Å². The second-order valence-electron chi connectivity index (χ2n) is 9.74. The van der Waals surface area contributed by atoms with Crippen molar-refractivity contribution < 1.29 is 14.3 Å². The molecule has 1 amide bonds. The number of amides is 1. The molecule has 1 aromatic carbocycles. The molecule has 0 aromatic heterocycles. The van der Waals surface area contributed by atoms with Gasteiger partial charge in [0.2, 0.25) is 11.9 Å². The van der Waals surface area contributed by atoms with Crippen LogP contribution in [0.25, 0.3) is 0 Å². The largest absolute Gasteiger partial charge is 0.486 e. The van der Waals surface area contributed by atoms with Crippen LogP contribution in [0.4, 0.5) is 10.5 Å². The maximum absolute atomic E-state index is 12.4. The molecule has 1 saturated carbocycles. The van der Waals surface area contributed by atoms with Crippen molar-refractivity contribution in [1.29, 1.82) is 0 Å². The van der Waals surface area contributed by atoms with Gasteiger partial charge in [-0.2, -0.15) is 4.99 Å². The molecule has 2 aliphatic heterocycles. The summed E-state index contributed by atoms with van der Waals surface area (Å²) in [7, 11) is 0. The Balaban J connectivity index is 1.55. The minimum Gasteiger partial charge on any atom is -0.486 e. The van der Waals surface area contributed by atoms with E-state index in [9.17, 15) is 4.79 Å². The molecule has 0 radical (unpaired) electrons. The summed E-state index contributed by atoms with van der Waals surface area (Å²) >= 11 is 0. The van der Waals surface area contributed by atoms with Crippen molar-refractivity contribution in [2.24, 2.45) is 21.5 Å². The zero-order valence-electron chi connectivity index (χ0n) is 19.2. The number of anilines is 1. The van der Waals surface area contributed by atoms with Gasteiger partial charge in [0.25, 0.3) is 0 Å². The van der Waals surface area contributed by atoms with E-state index in [0.717, 1.165) is 37.8 Å². The summed E-state index contributed by atoms with van der Waals surface area (Å²) in [5.41, 5.74) is 12.2. The Bertz CT molecular complexity index is 917. The van der Waals surface area contributed by atoms with E-state index < -0.39 is 11.3 Å². The van der Waals surface area contributed by atoms with Gasteiger partial charge >= 0.3 is 6.09 Å². The Kier molecular flexibility index (Phi) is 5.92. The Morgan fingerprint density at radius 1 is 1.16 bits per heavy atom. The number of ether oxygens (including phenoxy) is 2. The van der Waals surface area contributed by atoms with Crippen LogP contribution in [0.2, 0.25) is 0 Å². The van der Waals surface area contributed by atoms with Crippen LogP contribution in [-0.4, -0.2) is 53.4 Å². The van der Waals surface area contributed by atoms with E-state index in [1.165, 1.54) is 6.42 Å². The first-order chi connectivity index (χ1) is 15.2. The number of nitrogens with zero attached hydrogens (tertiary/aromatic N) is 4. The molecule has 1 unspecified atom stereocenters. The van der Waals surface area contributed by atoms with Gasteiger partial charge in [-0.1, -0.05) is 18.6 Å². The third kappa shape index (κ3) is 4.61. The number of hydrogen-bond acceptors (Lipinski definition) is 8.